The highest BCUT2D eigenvalue weighted by atomic mass is 32.2. The molecule has 17 heavy (non-hydrogen) atoms. The number of anilines is 1. The maximum atomic E-state index is 11.3. The summed E-state index contributed by atoms with van der Waals surface area (Å²) in [4.78, 5) is 10.2. The normalized spacial score (nSPS) is 11.8. The molecule has 0 aliphatic carbocycles. The van der Waals surface area contributed by atoms with Crippen LogP contribution >= 0.6 is 11.3 Å². The van der Waals surface area contributed by atoms with Crippen LogP contribution in [0.25, 0.3) is 0 Å². The zero-order valence-corrected chi connectivity index (χ0v) is 11.4. The molecular formula is C9H14N2O4S2. The van der Waals surface area contributed by atoms with Gasteiger partial charge < -0.3 is 5.32 Å². The topological polar surface area (TPSA) is 89.3 Å². The van der Waals surface area contributed by atoms with E-state index in [2.05, 4.69) is 5.32 Å². The average Bonchev–Trinajstić information content (AvgIpc) is 2.57. The van der Waals surface area contributed by atoms with Crippen molar-refractivity contribution in [3.05, 3.63) is 16.2 Å². The van der Waals surface area contributed by atoms with Crippen molar-refractivity contribution >= 4 is 31.9 Å². The average molecular weight is 278 g/mol. The van der Waals surface area contributed by atoms with Gasteiger partial charge in [0, 0.05) is 18.9 Å². The number of nitrogens with zero attached hydrogens (tertiary/aromatic N) is 1. The van der Waals surface area contributed by atoms with E-state index in [0.717, 1.165) is 23.7 Å². The van der Waals surface area contributed by atoms with Crippen LogP contribution in [0.1, 0.15) is 13.8 Å². The first-order valence-corrected chi connectivity index (χ1v) is 7.64. The molecule has 0 aliphatic rings. The molecule has 0 bridgehead atoms. The van der Waals surface area contributed by atoms with E-state index in [0.29, 0.717) is 17.5 Å². The van der Waals surface area contributed by atoms with Crippen LogP contribution in [0.4, 0.5) is 10.7 Å². The van der Waals surface area contributed by atoms with Gasteiger partial charge in [-0.25, -0.2) is 8.42 Å². The van der Waals surface area contributed by atoms with Crippen molar-refractivity contribution in [3.63, 3.8) is 0 Å². The van der Waals surface area contributed by atoms with Gasteiger partial charge in [0.1, 0.15) is 4.21 Å². The Morgan fingerprint density at radius 1 is 1.53 bits per heavy atom. The minimum atomic E-state index is -3.40. The van der Waals surface area contributed by atoms with Gasteiger partial charge in [0.15, 0.2) is 14.8 Å². The van der Waals surface area contributed by atoms with Crippen LogP contribution in [0.3, 0.4) is 0 Å². The number of nitrogens with one attached hydrogen (secondary N) is 1. The van der Waals surface area contributed by atoms with Crippen molar-refractivity contribution in [1.29, 1.82) is 0 Å². The molecule has 1 N–H and O–H groups in total. The Hall–Kier alpha value is -1.15. The molecule has 0 aromatic carbocycles. The second-order valence-corrected chi connectivity index (χ2v) is 7.38. The molecule has 1 rings (SSSR count). The lowest BCUT2D eigenvalue weighted by Crippen LogP contribution is -2.07. The monoisotopic (exact) mass is 278 g/mol. The number of nitro groups is 1. The summed E-state index contributed by atoms with van der Waals surface area (Å²) >= 11 is 0.896. The van der Waals surface area contributed by atoms with Crippen LogP contribution in [-0.2, 0) is 9.84 Å². The van der Waals surface area contributed by atoms with Crippen molar-refractivity contribution in [2.24, 2.45) is 5.92 Å². The lowest BCUT2D eigenvalue weighted by Gasteiger charge is -2.05. The largest absolute Gasteiger partial charge is 0.371 e. The summed E-state index contributed by atoms with van der Waals surface area (Å²) in [5.41, 5.74) is -0.184. The van der Waals surface area contributed by atoms with Gasteiger partial charge in [-0.1, -0.05) is 25.2 Å². The Kier molecular flexibility index (Phi) is 4.10. The number of sulfone groups is 1. The minimum absolute atomic E-state index is 0.00968. The smallest absolute Gasteiger partial charge is 0.304 e. The summed E-state index contributed by atoms with van der Waals surface area (Å²) in [6.45, 7) is 4.48. The highest BCUT2D eigenvalue weighted by molar-refractivity contribution is 7.92. The fraction of sp³-hybridized carbons (Fsp3) is 0.556. The number of thiophene rings is 1. The van der Waals surface area contributed by atoms with Crippen molar-refractivity contribution in [1.82, 2.24) is 0 Å². The van der Waals surface area contributed by atoms with Crippen LogP contribution in [0, 0.1) is 16.0 Å². The highest BCUT2D eigenvalue weighted by Gasteiger charge is 2.23. The second-order valence-electron chi connectivity index (χ2n) is 4.08. The molecule has 0 aliphatic heterocycles. The fourth-order valence-electron chi connectivity index (χ4n) is 1.10. The number of rotatable bonds is 5. The molecule has 6 nitrogen and oxygen atoms in total. The van der Waals surface area contributed by atoms with E-state index >= 15 is 0 Å². The van der Waals surface area contributed by atoms with E-state index in [4.69, 9.17) is 0 Å². The van der Waals surface area contributed by atoms with E-state index in [1.54, 1.807) is 0 Å². The van der Waals surface area contributed by atoms with Gasteiger partial charge in [0.25, 0.3) is 0 Å². The van der Waals surface area contributed by atoms with E-state index in [1.165, 1.54) is 0 Å². The van der Waals surface area contributed by atoms with Crippen LogP contribution in [0.15, 0.2) is 10.3 Å². The summed E-state index contributed by atoms with van der Waals surface area (Å²) in [6, 6.07) is 1.10. The van der Waals surface area contributed by atoms with E-state index in [-0.39, 0.29) is 9.90 Å². The first-order valence-electron chi connectivity index (χ1n) is 4.94. The summed E-state index contributed by atoms with van der Waals surface area (Å²) < 4.78 is 22.6. The SMILES string of the molecule is CC(C)CNc1sc(S(C)(=O)=O)cc1[N+](=O)[O-]. The third kappa shape index (κ3) is 3.67. The van der Waals surface area contributed by atoms with E-state index in [9.17, 15) is 18.5 Å². The Bertz CT molecular complexity index is 519. The van der Waals surface area contributed by atoms with Crippen LogP contribution < -0.4 is 5.32 Å². The Labute approximate surface area is 104 Å². The molecule has 0 radical (unpaired) electrons. The summed E-state index contributed by atoms with van der Waals surface area (Å²) in [5.74, 6) is 0.318. The molecule has 0 spiro atoms. The summed E-state index contributed by atoms with van der Waals surface area (Å²) in [7, 11) is -3.40. The fourth-order valence-corrected chi connectivity index (χ4v) is 3.05. The molecule has 1 heterocycles. The Balaban J connectivity index is 3.10. The molecule has 0 unspecified atom stereocenters. The maximum absolute atomic E-state index is 11.3. The molecule has 0 fully saturated rings. The zero-order chi connectivity index (χ0) is 13.2. The van der Waals surface area contributed by atoms with E-state index in [1.807, 2.05) is 13.8 Å². The third-order valence-electron chi connectivity index (χ3n) is 1.92. The zero-order valence-electron chi connectivity index (χ0n) is 9.76. The van der Waals surface area contributed by atoms with Gasteiger partial charge >= 0.3 is 5.69 Å². The van der Waals surface area contributed by atoms with Crippen molar-refractivity contribution in [2.45, 2.75) is 18.1 Å². The van der Waals surface area contributed by atoms with Crippen molar-refractivity contribution in [2.75, 3.05) is 18.1 Å². The Morgan fingerprint density at radius 2 is 2.12 bits per heavy atom. The molecule has 0 atom stereocenters. The minimum Gasteiger partial charge on any atom is -0.371 e. The van der Waals surface area contributed by atoms with Gasteiger partial charge in [-0.3, -0.25) is 10.1 Å². The van der Waals surface area contributed by atoms with Crippen LogP contribution in [0.5, 0.6) is 0 Å². The molecular weight excluding hydrogens is 264 g/mol. The molecule has 1 aromatic heterocycles. The quantitative estimate of drug-likeness (QED) is 0.658. The van der Waals surface area contributed by atoms with Gasteiger partial charge in [-0.15, -0.1) is 0 Å². The second kappa shape index (κ2) is 5.01. The first kappa shape index (κ1) is 13.9. The lowest BCUT2D eigenvalue weighted by molar-refractivity contribution is -0.383. The van der Waals surface area contributed by atoms with Crippen molar-refractivity contribution < 1.29 is 13.3 Å². The Morgan fingerprint density at radius 3 is 2.53 bits per heavy atom. The maximum Gasteiger partial charge on any atom is 0.304 e. The molecule has 8 heteroatoms. The predicted octanol–water partition coefficient (Wildman–Crippen LogP) is 2.13. The third-order valence-corrected chi connectivity index (χ3v) is 4.81. The first-order chi connectivity index (χ1) is 7.71. The predicted molar refractivity (Wildman–Crippen MR) is 67.4 cm³/mol. The molecule has 1 aromatic rings. The highest BCUT2D eigenvalue weighted by Crippen LogP contribution is 2.36. The van der Waals surface area contributed by atoms with Gasteiger partial charge in [0.2, 0.25) is 0 Å². The molecule has 0 amide bonds. The standard InChI is InChI=1S/C9H14N2O4S2/c1-6(2)5-10-9-7(11(12)13)4-8(16-9)17(3,14)15/h4,6,10H,5H2,1-3H3. The molecule has 96 valence electrons. The van der Waals surface area contributed by atoms with Gasteiger partial charge in [-0.2, -0.15) is 0 Å². The number of hydrogen-bond donors (Lipinski definition) is 1. The summed E-state index contributed by atoms with van der Waals surface area (Å²) in [6.07, 6.45) is 1.04. The number of hydrogen-bond acceptors (Lipinski definition) is 6. The van der Waals surface area contributed by atoms with Gasteiger partial charge in [-0.05, 0) is 5.92 Å². The van der Waals surface area contributed by atoms with Crippen LogP contribution in [0.2, 0.25) is 0 Å². The van der Waals surface area contributed by atoms with Crippen molar-refractivity contribution in [3.8, 4) is 0 Å². The summed E-state index contributed by atoms with van der Waals surface area (Å²) in [5, 5.41) is 14.0. The molecule has 0 saturated carbocycles. The lowest BCUT2D eigenvalue weighted by atomic mass is 10.2. The van der Waals surface area contributed by atoms with Crippen LogP contribution in [-0.4, -0.2) is 26.1 Å². The van der Waals surface area contributed by atoms with E-state index < -0.39 is 14.8 Å². The van der Waals surface area contributed by atoms with Gasteiger partial charge in [0.05, 0.1) is 4.92 Å². The molecule has 0 saturated heterocycles.